The molecular weight excluding hydrogens is 354 g/mol. The minimum atomic E-state index is -1.36. The first-order chi connectivity index (χ1) is 12.9. The van der Waals surface area contributed by atoms with Gasteiger partial charge < -0.3 is 25.0 Å². The Morgan fingerprint density at radius 1 is 1.00 bits per heavy atom. The van der Waals surface area contributed by atoms with Crippen LogP contribution in [0.5, 0.6) is 11.5 Å². The summed E-state index contributed by atoms with van der Waals surface area (Å²) in [6, 6.07) is 9.48. The summed E-state index contributed by atoms with van der Waals surface area (Å²) in [6.07, 6.45) is -0.296. The third-order valence-corrected chi connectivity index (χ3v) is 3.93. The van der Waals surface area contributed by atoms with Gasteiger partial charge in [0.15, 0.2) is 11.5 Å². The van der Waals surface area contributed by atoms with E-state index in [0.717, 1.165) is 0 Å². The molecule has 8 heteroatoms. The van der Waals surface area contributed by atoms with Gasteiger partial charge in [-0.1, -0.05) is 18.2 Å². The smallest absolute Gasteiger partial charge is 0.336 e. The number of hydrogen-bond donors (Lipinski definition) is 3. The largest absolute Gasteiger partial charge is 0.493 e. The summed E-state index contributed by atoms with van der Waals surface area (Å²) in [6.45, 7) is 0. The second kappa shape index (κ2) is 8.70. The highest BCUT2D eigenvalue weighted by molar-refractivity contribution is 5.97. The second-order valence-corrected chi connectivity index (χ2v) is 5.57. The van der Waals surface area contributed by atoms with Gasteiger partial charge >= 0.3 is 11.9 Å². The fourth-order valence-electron chi connectivity index (χ4n) is 2.63. The lowest BCUT2D eigenvalue weighted by atomic mass is 9.98. The number of aromatic carboxylic acids is 1. The minimum Gasteiger partial charge on any atom is -0.493 e. The SMILES string of the molecule is COc1ccc(C(=O)O)c(CC(NC(=O)c2ccccc2)C(=O)O)c1OC. The maximum atomic E-state index is 12.3. The highest BCUT2D eigenvalue weighted by atomic mass is 16.5. The maximum absolute atomic E-state index is 12.3. The molecule has 0 bridgehead atoms. The van der Waals surface area contributed by atoms with E-state index in [1.165, 1.54) is 26.4 Å². The van der Waals surface area contributed by atoms with Crippen molar-refractivity contribution in [3.8, 4) is 11.5 Å². The third kappa shape index (κ3) is 4.55. The number of hydrogen-bond acceptors (Lipinski definition) is 5. The van der Waals surface area contributed by atoms with Gasteiger partial charge in [0.25, 0.3) is 5.91 Å². The Morgan fingerprint density at radius 3 is 2.19 bits per heavy atom. The average molecular weight is 373 g/mol. The molecule has 0 aromatic heterocycles. The molecule has 1 atom stereocenters. The monoisotopic (exact) mass is 373 g/mol. The molecule has 0 saturated heterocycles. The summed E-state index contributed by atoms with van der Waals surface area (Å²) in [7, 11) is 2.71. The van der Waals surface area contributed by atoms with Crippen molar-refractivity contribution in [1.82, 2.24) is 5.32 Å². The fraction of sp³-hybridized carbons (Fsp3) is 0.211. The van der Waals surface area contributed by atoms with Crippen LogP contribution in [0.25, 0.3) is 0 Å². The summed E-state index contributed by atoms with van der Waals surface area (Å²) in [5.74, 6) is -2.76. The average Bonchev–Trinajstić information content (AvgIpc) is 2.67. The zero-order chi connectivity index (χ0) is 20.0. The first kappa shape index (κ1) is 19.8. The third-order valence-electron chi connectivity index (χ3n) is 3.93. The molecule has 1 unspecified atom stereocenters. The number of aliphatic carboxylic acids is 1. The molecule has 8 nitrogen and oxygen atoms in total. The van der Waals surface area contributed by atoms with Crippen molar-refractivity contribution in [3.63, 3.8) is 0 Å². The summed E-state index contributed by atoms with van der Waals surface area (Å²) < 4.78 is 10.4. The number of rotatable bonds is 8. The molecule has 3 N–H and O–H groups in total. The number of methoxy groups -OCH3 is 2. The molecule has 0 saturated carbocycles. The van der Waals surface area contributed by atoms with E-state index in [1.54, 1.807) is 30.3 Å². The van der Waals surface area contributed by atoms with Crippen molar-refractivity contribution in [2.45, 2.75) is 12.5 Å². The van der Waals surface area contributed by atoms with Crippen LogP contribution >= 0.6 is 0 Å². The zero-order valence-corrected chi connectivity index (χ0v) is 14.8. The van der Waals surface area contributed by atoms with Crippen LogP contribution < -0.4 is 14.8 Å². The molecule has 0 aliphatic rings. The summed E-state index contributed by atoms with van der Waals surface area (Å²) >= 11 is 0. The van der Waals surface area contributed by atoms with Crippen LogP contribution in [-0.4, -0.2) is 48.3 Å². The second-order valence-electron chi connectivity index (χ2n) is 5.57. The van der Waals surface area contributed by atoms with Gasteiger partial charge in [0.1, 0.15) is 6.04 Å². The molecular formula is C19H19NO7. The number of carboxylic acids is 2. The number of amides is 1. The molecule has 0 heterocycles. The van der Waals surface area contributed by atoms with Gasteiger partial charge in [0.2, 0.25) is 0 Å². The molecule has 2 rings (SSSR count). The van der Waals surface area contributed by atoms with Gasteiger partial charge in [0, 0.05) is 17.5 Å². The quantitative estimate of drug-likeness (QED) is 0.645. The summed E-state index contributed by atoms with van der Waals surface area (Å²) in [5.41, 5.74) is 0.276. The van der Waals surface area contributed by atoms with E-state index in [0.29, 0.717) is 5.56 Å². The van der Waals surface area contributed by atoms with E-state index in [-0.39, 0.29) is 29.0 Å². The van der Waals surface area contributed by atoms with Gasteiger partial charge in [-0.2, -0.15) is 0 Å². The number of nitrogens with one attached hydrogen (secondary N) is 1. The maximum Gasteiger partial charge on any atom is 0.336 e. The van der Waals surface area contributed by atoms with Crippen LogP contribution in [-0.2, 0) is 11.2 Å². The molecule has 0 aliphatic carbocycles. The molecule has 0 fully saturated rings. The molecule has 2 aromatic rings. The van der Waals surface area contributed by atoms with E-state index in [2.05, 4.69) is 5.32 Å². The van der Waals surface area contributed by atoms with Crippen LogP contribution in [0.2, 0.25) is 0 Å². The highest BCUT2D eigenvalue weighted by Gasteiger charge is 2.27. The Hall–Kier alpha value is -3.55. The number of benzene rings is 2. The van der Waals surface area contributed by atoms with Crippen LogP contribution in [0.3, 0.4) is 0 Å². The van der Waals surface area contributed by atoms with Crippen molar-refractivity contribution < 1.29 is 34.1 Å². The predicted molar refractivity (Wildman–Crippen MR) is 95.5 cm³/mol. The van der Waals surface area contributed by atoms with Crippen LogP contribution in [0.1, 0.15) is 26.3 Å². The fourth-order valence-corrected chi connectivity index (χ4v) is 2.63. The predicted octanol–water partition coefficient (Wildman–Crippen LogP) is 1.83. The topological polar surface area (TPSA) is 122 Å². The highest BCUT2D eigenvalue weighted by Crippen LogP contribution is 2.34. The first-order valence-electron chi connectivity index (χ1n) is 7.94. The van der Waals surface area contributed by atoms with Gasteiger partial charge in [-0.3, -0.25) is 4.79 Å². The number of carbonyl (C=O) groups is 3. The Balaban J connectivity index is 2.39. The molecule has 1 amide bonds. The first-order valence-corrected chi connectivity index (χ1v) is 7.94. The molecule has 0 spiro atoms. The lowest BCUT2D eigenvalue weighted by molar-refractivity contribution is -0.139. The Labute approximate surface area is 155 Å². The lowest BCUT2D eigenvalue weighted by Gasteiger charge is -2.19. The van der Waals surface area contributed by atoms with Crippen LogP contribution in [0.15, 0.2) is 42.5 Å². The van der Waals surface area contributed by atoms with Gasteiger partial charge in [0.05, 0.1) is 19.8 Å². The van der Waals surface area contributed by atoms with Crippen molar-refractivity contribution in [2.24, 2.45) is 0 Å². The van der Waals surface area contributed by atoms with Crippen molar-refractivity contribution in [2.75, 3.05) is 14.2 Å². The van der Waals surface area contributed by atoms with E-state index in [9.17, 15) is 24.6 Å². The van der Waals surface area contributed by atoms with Crippen LogP contribution in [0, 0.1) is 0 Å². The van der Waals surface area contributed by atoms with E-state index in [1.807, 2.05) is 0 Å². The lowest BCUT2D eigenvalue weighted by Crippen LogP contribution is -2.42. The molecule has 0 aliphatic heterocycles. The van der Waals surface area contributed by atoms with Crippen molar-refractivity contribution >= 4 is 17.8 Å². The molecule has 27 heavy (non-hydrogen) atoms. The molecule has 142 valence electrons. The van der Waals surface area contributed by atoms with Gasteiger partial charge in [-0.05, 0) is 24.3 Å². The van der Waals surface area contributed by atoms with Crippen molar-refractivity contribution in [3.05, 3.63) is 59.2 Å². The van der Waals surface area contributed by atoms with Gasteiger partial charge in [-0.25, -0.2) is 9.59 Å². The Bertz CT molecular complexity index is 849. The molecule has 0 radical (unpaired) electrons. The Morgan fingerprint density at radius 2 is 1.67 bits per heavy atom. The van der Waals surface area contributed by atoms with E-state index >= 15 is 0 Å². The Kier molecular flexibility index (Phi) is 6.37. The van der Waals surface area contributed by atoms with E-state index in [4.69, 9.17) is 9.47 Å². The molecule has 2 aromatic carbocycles. The summed E-state index contributed by atoms with van der Waals surface area (Å²) in [4.78, 5) is 35.5. The van der Waals surface area contributed by atoms with Gasteiger partial charge in [-0.15, -0.1) is 0 Å². The van der Waals surface area contributed by atoms with Crippen molar-refractivity contribution in [1.29, 1.82) is 0 Å². The van der Waals surface area contributed by atoms with E-state index < -0.39 is 23.9 Å². The summed E-state index contributed by atoms with van der Waals surface area (Å²) in [5, 5.41) is 21.4. The minimum absolute atomic E-state index is 0.109. The van der Waals surface area contributed by atoms with Crippen LogP contribution in [0.4, 0.5) is 0 Å². The zero-order valence-electron chi connectivity index (χ0n) is 14.8. The standard InChI is InChI=1S/C19H19NO7/c1-26-15-9-8-12(18(22)23)13(16(15)27-2)10-14(19(24)25)20-17(21)11-6-4-3-5-7-11/h3-9,14H,10H2,1-2H3,(H,20,21)(H,22,23)(H,24,25). The number of carboxylic acid groups (broad SMARTS) is 2. The number of ether oxygens (including phenoxy) is 2. The normalized spacial score (nSPS) is 11.3. The number of carbonyl (C=O) groups excluding carboxylic acids is 1.